The summed E-state index contributed by atoms with van der Waals surface area (Å²) < 4.78 is 83.9. The molecule has 1 unspecified atom stereocenters. The summed E-state index contributed by atoms with van der Waals surface area (Å²) in [5.74, 6) is -4.07. The highest BCUT2D eigenvalue weighted by atomic mass is 32.3. The minimum Gasteiger partial charge on any atom is -0.385 e. The third-order valence-corrected chi connectivity index (χ3v) is 6.53. The summed E-state index contributed by atoms with van der Waals surface area (Å²) in [5.41, 5.74) is 0. The monoisotopic (exact) mass is 384 g/mol. The van der Waals surface area contributed by atoms with Crippen LogP contribution in [0.25, 0.3) is 0 Å². The van der Waals surface area contributed by atoms with Crippen LogP contribution >= 0.6 is 0 Å². The Labute approximate surface area is 135 Å². The Kier molecular flexibility index (Phi) is 9.58. The quantitative estimate of drug-likeness (QED) is 0.511. The molecule has 0 aromatic heterocycles. The van der Waals surface area contributed by atoms with Gasteiger partial charge in [-0.25, -0.2) is 4.21 Å². The number of ether oxygens (including phenoxy) is 1. The average molecular weight is 384 g/mol. The fraction of sp³-hybridized carbons (Fsp3) is 1.00. The van der Waals surface area contributed by atoms with E-state index in [0.29, 0.717) is 19.4 Å². The van der Waals surface area contributed by atoms with Crippen LogP contribution in [0, 0.1) is 5.92 Å². The Hall–Kier alpha value is -0.430. The van der Waals surface area contributed by atoms with Gasteiger partial charge in [0.1, 0.15) is 0 Å². The summed E-state index contributed by atoms with van der Waals surface area (Å²) in [6.45, 7) is 5.33. The second kappa shape index (κ2) is 9.77. The van der Waals surface area contributed by atoms with Gasteiger partial charge in [0.2, 0.25) is 0 Å². The first-order valence-electron chi connectivity index (χ1n) is 6.88. The summed E-state index contributed by atoms with van der Waals surface area (Å²) in [7, 11) is -8.56. The van der Waals surface area contributed by atoms with E-state index in [1.807, 2.05) is 0 Å². The molecule has 0 aliphatic rings. The first kappa shape index (κ1) is 22.6. The molecule has 0 aromatic rings. The van der Waals surface area contributed by atoms with Gasteiger partial charge in [0.05, 0.1) is 0 Å². The molecular weight excluding hydrogens is 361 g/mol. The predicted molar refractivity (Wildman–Crippen MR) is 79.8 cm³/mol. The van der Waals surface area contributed by atoms with Crippen LogP contribution in [0.5, 0.6) is 0 Å². The maximum Gasteiger partial charge on any atom is 0.346 e. The summed E-state index contributed by atoms with van der Waals surface area (Å²) >= 11 is 0. The van der Waals surface area contributed by atoms with Crippen molar-refractivity contribution in [3.05, 3.63) is 0 Å². The molecular formula is C11H23F3N2O5S2. The van der Waals surface area contributed by atoms with E-state index in [1.54, 1.807) is 20.8 Å². The largest absolute Gasteiger partial charge is 0.385 e. The number of hydrogen-bond acceptors (Lipinski definition) is 5. The molecule has 2 atom stereocenters. The summed E-state index contributed by atoms with van der Waals surface area (Å²) in [5, 5.41) is 0. The lowest BCUT2D eigenvalue weighted by Gasteiger charge is -2.29. The second-order valence-electron chi connectivity index (χ2n) is 5.19. The third kappa shape index (κ3) is 6.91. The fourth-order valence-corrected chi connectivity index (χ4v) is 4.44. The Balaban J connectivity index is 5.59. The van der Waals surface area contributed by atoms with Crippen molar-refractivity contribution in [2.24, 2.45) is 9.69 Å². The van der Waals surface area contributed by atoms with Gasteiger partial charge >= 0.3 is 16.0 Å². The highest BCUT2D eigenvalue weighted by molar-refractivity contribution is 8.00. The molecule has 0 heterocycles. The summed E-state index contributed by atoms with van der Waals surface area (Å²) in [6.07, 6.45) is 0.892. The molecule has 0 saturated heterocycles. The van der Waals surface area contributed by atoms with Crippen molar-refractivity contribution in [2.45, 2.75) is 45.4 Å². The molecule has 12 heteroatoms. The molecule has 0 rings (SSSR count). The number of rotatable bonds is 11. The van der Waals surface area contributed by atoms with Crippen LogP contribution in [0.4, 0.5) is 13.3 Å². The molecule has 0 N–H and O–H groups in total. The lowest BCUT2D eigenvalue weighted by molar-refractivity contribution is -0.000830. The van der Waals surface area contributed by atoms with E-state index < -0.39 is 32.0 Å². The number of halogens is 3. The number of alkyl halides is 2. The van der Waals surface area contributed by atoms with Crippen molar-refractivity contribution in [3.63, 3.8) is 0 Å². The molecule has 7 nitrogen and oxygen atoms in total. The SMILES string of the molecule is COCCCCN([C@H](C)C(C)C)S(=O)(=O)N=S(=O)(OF)C(F)F. The van der Waals surface area contributed by atoms with Crippen LogP contribution in [0.1, 0.15) is 33.6 Å². The highest BCUT2D eigenvalue weighted by Gasteiger charge is 2.34. The first-order chi connectivity index (χ1) is 10.5. The molecule has 0 aromatic carbocycles. The van der Waals surface area contributed by atoms with Gasteiger partial charge in [-0.1, -0.05) is 22.0 Å². The van der Waals surface area contributed by atoms with E-state index in [1.165, 1.54) is 7.11 Å². The smallest absolute Gasteiger partial charge is 0.346 e. The van der Waals surface area contributed by atoms with Crippen LogP contribution in [0.15, 0.2) is 3.77 Å². The minimum atomic E-state index is -5.27. The van der Waals surface area contributed by atoms with Crippen molar-refractivity contribution in [1.82, 2.24) is 4.31 Å². The number of nitrogens with zero attached hydrogens (tertiary/aromatic N) is 2. The van der Waals surface area contributed by atoms with E-state index in [9.17, 15) is 25.9 Å². The van der Waals surface area contributed by atoms with Crippen molar-refractivity contribution >= 4 is 20.2 Å². The molecule has 0 saturated carbocycles. The molecule has 0 aliphatic carbocycles. The van der Waals surface area contributed by atoms with Crippen LogP contribution in [0.2, 0.25) is 0 Å². The molecule has 0 fully saturated rings. The molecule has 23 heavy (non-hydrogen) atoms. The van der Waals surface area contributed by atoms with E-state index in [2.05, 4.69) is 8.16 Å². The Bertz CT molecular complexity index is 562. The maximum absolute atomic E-state index is 12.6. The molecule has 0 amide bonds. The van der Waals surface area contributed by atoms with Crippen molar-refractivity contribution in [1.29, 1.82) is 0 Å². The van der Waals surface area contributed by atoms with Gasteiger partial charge in [-0.2, -0.15) is 21.5 Å². The van der Waals surface area contributed by atoms with Crippen LogP contribution in [0.3, 0.4) is 0 Å². The maximum atomic E-state index is 12.6. The zero-order chi connectivity index (χ0) is 18.3. The number of methoxy groups -OCH3 is 1. The molecule has 0 radical (unpaired) electrons. The molecule has 0 spiro atoms. The van der Waals surface area contributed by atoms with Crippen LogP contribution < -0.4 is 0 Å². The Morgan fingerprint density at radius 3 is 2.09 bits per heavy atom. The third-order valence-electron chi connectivity index (χ3n) is 3.21. The van der Waals surface area contributed by atoms with E-state index >= 15 is 0 Å². The van der Waals surface area contributed by atoms with Crippen molar-refractivity contribution < 1.29 is 35.1 Å². The van der Waals surface area contributed by atoms with Gasteiger partial charge in [0.25, 0.3) is 10.0 Å². The standard InChI is InChI=1S/C11H23F3N2O5S2/c1-9(2)10(3)16(7-5-6-8-20-4)23(18,19)15-22(17,21-14)11(12)13/h9-11H,5-8H2,1-4H3/t10-,22?/m1/s1. The van der Waals surface area contributed by atoms with E-state index in [-0.39, 0.29) is 12.5 Å². The van der Waals surface area contributed by atoms with Crippen molar-refractivity contribution in [2.75, 3.05) is 20.3 Å². The lowest BCUT2D eigenvalue weighted by atomic mass is 10.1. The summed E-state index contributed by atoms with van der Waals surface area (Å²) in [4.78, 5) is 0. The van der Waals surface area contributed by atoms with Crippen molar-refractivity contribution in [3.8, 4) is 0 Å². The highest BCUT2D eigenvalue weighted by Crippen LogP contribution is 2.21. The second-order valence-corrected chi connectivity index (χ2v) is 8.66. The normalized spacial score (nSPS) is 16.8. The number of hydrogen-bond donors (Lipinski definition) is 0. The van der Waals surface area contributed by atoms with Gasteiger partial charge in [0.15, 0.2) is 0 Å². The van der Waals surface area contributed by atoms with Crippen LogP contribution in [-0.2, 0) is 29.3 Å². The average Bonchev–Trinajstić information content (AvgIpc) is 2.45. The molecule has 0 bridgehead atoms. The van der Waals surface area contributed by atoms with Gasteiger partial charge < -0.3 is 4.74 Å². The van der Waals surface area contributed by atoms with E-state index in [0.717, 1.165) is 4.31 Å². The van der Waals surface area contributed by atoms with Crippen LogP contribution in [-0.4, -0.2) is 49.0 Å². The topological polar surface area (TPSA) is 85.3 Å². The predicted octanol–water partition coefficient (Wildman–Crippen LogP) is 2.51. The summed E-state index contributed by atoms with van der Waals surface area (Å²) in [6, 6.07) is -0.618. The first-order valence-corrected chi connectivity index (χ1v) is 9.78. The zero-order valence-electron chi connectivity index (χ0n) is 13.4. The molecule has 140 valence electrons. The molecule has 0 aliphatic heterocycles. The fourth-order valence-electron chi connectivity index (χ4n) is 1.62. The van der Waals surface area contributed by atoms with Gasteiger partial charge in [-0.05, 0) is 30.2 Å². The Morgan fingerprint density at radius 1 is 1.13 bits per heavy atom. The minimum absolute atomic E-state index is 0.0560. The van der Waals surface area contributed by atoms with Gasteiger partial charge in [-0.3, -0.25) is 0 Å². The zero-order valence-corrected chi connectivity index (χ0v) is 15.1. The number of unbranched alkanes of at least 4 members (excludes halogenated alkanes) is 1. The Morgan fingerprint density at radius 2 is 1.70 bits per heavy atom. The van der Waals surface area contributed by atoms with E-state index in [4.69, 9.17) is 4.74 Å². The van der Waals surface area contributed by atoms with Gasteiger partial charge in [0, 0.05) is 26.3 Å². The van der Waals surface area contributed by atoms with Gasteiger partial charge in [-0.15, -0.1) is 0 Å². The lowest BCUT2D eigenvalue weighted by Crippen LogP contribution is -2.41.